The van der Waals surface area contributed by atoms with Crippen LogP contribution in [0.1, 0.15) is 38.1 Å². The van der Waals surface area contributed by atoms with Crippen LogP contribution in [0.5, 0.6) is 0 Å². The molecule has 0 aromatic heterocycles. The summed E-state index contributed by atoms with van der Waals surface area (Å²) >= 11 is 5.85. The third kappa shape index (κ3) is 4.71. The molecule has 5 nitrogen and oxygen atoms in total. The molecule has 132 valence electrons. The number of hydrogen-bond acceptors (Lipinski definition) is 3. The van der Waals surface area contributed by atoms with E-state index in [1.165, 1.54) is 0 Å². The fourth-order valence-corrected chi connectivity index (χ4v) is 2.87. The van der Waals surface area contributed by atoms with E-state index >= 15 is 0 Å². The Hall–Kier alpha value is -1.59. The van der Waals surface area contributed by atoms with Crippen molar-refractivity contribution >= 4 is 23.4 Å². The van der Waals surface area contributed by atoms with E-state index in [0.29, 0.717) is 30.3 Å². The molecule has 1 N–H and O–H groups in total. The summed E-state index contributed by atoms with van der Waals surface area (Å²) in [7, 11) is 0. The first-order valence-electron chi connectivity index (χ1n) is 8.19. The molecule has 1 atom stereocenters. The number of rotatable bonds is 4. The molecule has 1 heterocycles. The van der Waals surface area contributed by atoms with Crippen LogP contribution in [0.3, 0.4) is 0 Å². The molecule has 1 fully saturated rings. The number of halogens is 1. The zero-order valence-corrected chi connectivity index (χ0v) is 15.4. The highest BCUT2D eigenvalue weighted by Crippen LogP contribution is 2.19. The average Bonchev–Trinajstić information content (AvgIpc) is 2.51. The molecule has 1 aliphatic heterocycles. The Morgan fingerprint density at radius 1 is 1.25 bits per heavy atom. The van der Waals surface area contributed by atoms with Crippen LogP contribution in [-0.2, 0) is 9.53 Å². The summed E-state index contributed by atoms with van der Waals surface area (Å²) in [6.07, 6.45) is 0. The zero-order chi connectivity index (χ0) is 17.9. The molecule has 0 saturated carbocycles. The highest BCUT2D eigenvalue weighted by molar-refractivity contribution is 6.30. The fourth-order valence-electron chi connectivity index (χ4n) is 2.74. The fraction of sp³-hybridized carbons (Fsp3) is 0.556. The summed E-state index contributed by atoms with van der Waals surface area (Å²) in [4.78, 5) is 27.1. The molecular weight excluding hydrogens is 328 g/mol. The lowest BCUT2D eigenvalue weighted by molar-refractivity contribution is -0.148. The normalized spacial score (nSPS) is 18.3. The predicted octanol–water partition coefficient (Wildman–Crippen LogP) is 2.73. The molecule has 6 heteroatoms. The molecule has 1 saturated heterocycles. The van der Waals surface area contributed by atoms with Crippen LogP contribution in [0, 0.1) is 5.92 Å². The smallest absolute Gasteiger partial charge is 0.251 e. The third-order valence-electron chi connectivity index (χ3n) is 4.06. The number of morpholine rings is 1. The minimum absolute atomic E-state index is 0.0142. The van der Waals surface area contributed by atoms with Gasteiger partial charge in [-0.3, -0.25) is 9.59 Å². The molecule has 2 amide bonds. The third-order valence-corrected chi connectivity index (χ3v) is 4.32. The van der Waals surface area contributed by atoms with Crippen LogP contribution in [0.4, 0.5) is 0 Å². The van der Waals surface area contributed by atoms with Crippen molar-refractivity contribution in [3.63, 3.8) is 0 Å². The summed E-state index contributed by atoms with van der Waals surface area (Å²) in [5, 5.41) is 3.43. The van der Waals surface area contributed by atoms with Gasteiger partial charge >= 0.3 is 0 Å². The molecule has 0 aliphatic carbocycles. The van der Waals surface area contributed by atoms with Crippen molar-refractivity contribution in [3.8, 4) is 0 Å². The number of carbonyl (C=O) groups excluding carboxylic acids is 2. The Bertz CT molecular complexity index is 599. The maximum Gasteiger partial charge on any atom is 0.251 e. The molecule has 1 aromatic rings. The molecule has 1 aromatic carbocycles. The molecular formula is C18H25ClN2O3. The van der Waals surface area contributed by atoms with E-state index in [1.807, 2.05) is 27.7 Å². The van der Waals surface area contributed by atoms with Gasteiger partial charge in [-0.1, -0.05) is 25.4 Å². The minimum Gasteiger partial charge on any atom is -0.372 e. The lowest BCUT2D eigenvalue weighted by Crippen LogP contribution is -2.57. The molecule has 0 bridgehead atoms. The lowest BCUT2D eigenvalue weighted by atomic mass is 10.00. The van der Waals surface area contributed by atoms with Gasteiger partial charge in [0.2, 0.25) is 5.91 Å². The van der Waals surface area contributed by atoms with Gasteiger partial charge in [-0.05, 0) is 44.0 Å². The van der Waals surface area contributed by atoms with Crippen molar-refractivity contribution in [2.75, 3.05) is 19.7 Å². The maximum atomic E-state index is 12.9. The summed E-state index contributed by atoms with van der Waals surface area (Å²) in [6, 6.07) is 6.05. The minimum atomic E-state index is -0.568. The zero-order valence-electron chi connectivity index (χ0n) is 14.6. The topological polar surface area (TPSA) is 58.6 Å². The number of ether oxygens (including phenoxy) is 1. The van der Waals surface area contributed by atoms with Crippen LogP contribution in [0.15, 0.2) is 24.3 Å². The standard InChI is InChI=1S/C18H25ClN2O3/c1-12(2)15(17(23)21-9-10-24-18(3,4)11-21)20-16(22)13-5-7-14(19)8-6-13/h5-8,12,15H,9-11H2,1-4H3,(H,20,22). The van der Waals surface area contributed by atoms with Gasteiger partial charge in [0.05, 0.1) is 12.2 Å². The first-order valence-corrected chi connectivity index (χ1v) is 8.56. The summed E-state index contributed by atoms with van der Waals surface area (Å²) in [6.45, 7) is 9.35. The predicted molar refractivity (Wildman–Crippen MR) is 94.2 cm³/mol. The second-order valence-electron chi connectivity index (χ2n) is 7.07. The van der Waals surface area contributed by atoms with Crippen molar-refractivity contribution in [2.45, 2.75) is 39.3 Å². The van der Waals surface area contributed by atoms with E-state index in [-0.39, 0.29) is 23.3 Å². The van der Waals surface area contributed by atoms with Gasteiger partial charge in [-0.2, -0.15) is 0 Å². The first kappa shape index (κ1) is 18.7. The van der Waals surface area contributed by atoms with Crippen molar-refractivity contribution < 1.29 is 14.3 Å². The lowest BCUT2D eigenvalue weighted by Gasteiger charge is -2.40. The quantitative estimate of drug-likeness (QED) is 0.906. The Morgan fingerprint density at radius 2 is 1.88 bits per heavy atom. The van der Waals surface area contributed by atoms with E-state index in [1.54, 1.807) is 29.2 Å². The largest absolute Gasteiger partial charge is 0.372 e. The van der Waals surface area contributed by atoms with E-state index < -0.39 is 6.04 Å². The van der Waals surface area contributed by atoms with Gasteiger partial charge in [0.25, 0.3) is 5.91 Å². The number of benzene rings is 1. The second kappa shape index (κ2) is 7.53. The van der Waals surface area contributed by atoms with E-state index in [2.05, 4.69) is 5.32 Å². The van der Waals surface area contributed by atoms with E-state index in [9.17, 15) is 9.59 Å². The van der Waals surface area contributed by atoms with Gasteiger partial charge in [0, 0.05) is 23.7 Å². The van der Waals surface area contributed by atoms with Gasteiger partial charge in [0.15, 0.2) is 0 Å². The highest BCUT2D eigenvalue weighted by atomic mass is 35.5. The second-order valence-corrected chi connectivity index (χ2v) is 7.51. The Morgan fingerprint density at radius 3 is 2.42 bits per heavy atom. The molecule has 0 radical (unpaired) electrons. The molecule has 1 aliphatic rings. The molecule has 2 rings (SSSR count). The van der Waals surface area contributed by atoms with Gasteiger partial charge in [0.1, 0.15) is 6.04 Å². The van der Waals surface area contributed by atoms with Crippen LogP contribution >= 0.6 is 11.6 Å². The van der Waals surface area contributed by atoms with Crippen molar-refractivity contribution in [1.82, 2.24) is 10.2 Å². The first-order chi connectivity index (χ1) is 11.2. The summed E-state index contributed by atoms with van der Waals surface area (Å²) < 4.78 is 5.65. The van der Waals surface area contributed by atoms with Crippen LogP contribution < -0.4 is 5.32 Å². The van der Waals surface area contributed by atoms with E-state index in [0.717, 1.165) is 0 Å². The van der Waals surface area contributed by atoms with Gasteiger partial charge < -0.3 is 15.0 Å². The Balaban J connectivity index is 2.09. The average molecular weight is 353 g/mol. The highest BCUT2D eigenvalue weighted by Gasteiger charge is 2.35. The number of carbonyl (C=O) groups is 2. The monoisotopic (exact) mass is 352 g/mol. The van der Waals surface area contributed by atoms with E-state index in [4.69, 9.17) is 16.3 Å². The molecule has 24 heavy (non-hydrogen) atoms. The van der Waals surface area contributed by atoms with Crippen LogP contribution in [0.25, 0.3) is 0 Å². The molecule has 1 unspecified atom stereocenters. The van der Waals surface area contributed by atoms with Crippen LogP contribution in [-0.4, -0.2) is 48.1 Å². The van der Waals surface area contributed by atoms with Gasteiger partial charge in [-0.15, -0.1) is 0 Å². The maximum absolute atomic E-state index is 12.9. The summed E-state index contributed by atoms with van der Waals surface area (Å²) in [5.41, 5.74) is 0.121. The van der Waals surface area contributed by atoms with Crippen molar-refractivity contribution in [1.29, 1.82) is 0 Å². The SMILES string of the molecule is CC(C)C(NC(=O)c1ccc(Cl)cc1)C(=O)N1CCOC(C)(C)C1. The number of nitrogens with one attached hydrogen (secondary N) is 1. The van der Waals surface area contributed by atoms with Gasteiger partial charge in [-0.25, -0.2) is 0 Å². The Labute approximate surface area is 148 Å². The Kier molecular flexibility index (Phi) is 5.88. The van der Waals surface area contributed by atoms with Crippen LogP contribution in [0.2, 0.25) is 5.02 Å². The summed E-state index contributed by atoms with van der Waals surface area (Å²) in [5.74, 6) is -0.352. The number of nitrogens with zero attached hydrogens (tertiary/aromatic N) is 1. The number of hydrogen-bond donors (Lipinski definition) is 1. The van der Waals surface area contributed by atoms with Crippen molar-refractivity contribution in [2.24, 2.45) is 5.92 Å². The molecule has 0 spiro atoms. The van der Waals surface area contributed by atoms with Crippen molar-refractivity contribution in [3.05, 3.63) is 34.9 Å². The number of amides is 2.